The molecule has 0 aliphatic heterocycles. The SMILES string of the molecule is CCOCCN(CCOCC)C1CCCCC1=O. The summed E-state index contributed by atoms with van der Waals surface area (Å²) in [6.07, 6.45) is 3.96. The Balaban J connectivity index is 2.42. The van der Waals surface area contributed by atoms with Gasteiger partial charge in [-0.05, 0) is 26.7 Å². The van der Waals surface area contributed by atoms with E-state index in [-0.39, 0.29) is 6.04 Å². The van der Waals surface area contributed by atoms with Crippen LogP contribution in [0, 0.1) is 0 Å². The van der Waals surface area contributed by atoms with Crippen molar-refractivity contribution in [2.45, 2.75) is 45.6 Å². The van der Waals surface area contributed by atoms with Crippen LogP contribution in [0.3, 0.4) is 0 Å². The summed E-state index contributed by atoms with van der Waals surface area (Å²) >= 11 is 0. The van der Waals surface area contributed by atoms with Crippen LogP contribution < -0.4 is 0 Å². The van der Waals surface area contributed by atoms with Gasteiger partial charge >= 0.3 is 0 Å². The van der Waals surface area contributed by atoms with Crippen LogP contribution >= 0.6 is 0 Å². The lowest BCUT2D eigenvalue weighted by Gasteiger charge is -2.32. The summed E-state index contributed by atoms with van der Waals surface area (Å²) in [4.78, 5) is 14.2. The number of nitrogens with zero attached hydrogens (tertiary/aromatic N) is 1. The molecule has 0 bridgehead atoms. The Bertz CT molecular complexity index is 223. The smallest absolute Gasteiger partial charge is 0.149 e. The van der Waals surface area contributed by atoms with Gasteiger partial charge in [0.15, 0.2) is 0 Å². The maximum Gasteiger partial charge on any atom is 0.149 e. The lowest BCUT2D eigenvalue weighted by Crippen LogP contribution is -2.46. The number of Topliss-reactive ketones (excluding diaryl/α,β-unsaturated/α-hetero) is 1. The van der Waals surface area contributed by atoms with E-state index < -0.39 is 0 Å². The number of carbonyl (C=O) groups is 1. The molecule has 1 rings (SSSR count). The van der Waals surface area contributed by atoms with Crippen LogP contribution in [-0.4, -0.2) is 56.2 Å². The Morgan fingerprint density at radius 1 is 1.11 bits per heavy atom. The highest BCUT2D eigenvalue weighted by Gasteiger charge is 2.27. The standard InChI is InChI=1S/C14H27NO3/c1-3-17-11-9-15(10-12-18-4-2)13-7-5-6-8-14(13)16/h13H,3-12H2,1-2H3. The first-order valence-corrected chi connectivity index (χ1v) is 7.21. The molecule has 106 valence electrons. The van der Waals surface area contributed by atoms with Gasteiger partial charge in [0.05, 0.1) is 19.3 Å². The molecule has 1 aliphatic rings. The summed E-state index contributed by atoms with van der Waals surface area (Å²) in [6.45, 7) is 8.52. The van der Waals surface area contributed by atoms with Crippen molar-refractivity contribution in [3.8, 4) is 0 Å². The summed E-state index contributed by atoms with van der Waals surface area (Å²) in [6, 6.07) is 0.0969. The Kier molecular flexibility index (Phi) is 8.22. The molecule has 0 heterocycles. The van der Waals surface area contributed by atoms with Crippen LogP contribution in [0.25, 0.3) is 0 Å². The maximum atomic E-state index is 12.0. The van der Waals surface area contributed by atoms with Gasteiger partial charge in [0, 0.05) is 32.7 Å². The third-order valence-electron chi connectivity index (χ3n) is 3.42. The summed E-state index contributed by atoms with van der Waals surface area (Å²) < 4.78 is 10.8. The fourth-order valence-electron chi connectivity index (χ4n) is 2.43. The van der Waals surface area contributed by atoms with E-state index in [1.165, 1.54) is 0 Å². The first-order valence-electron chi connectivity index (χ1n) is 7.21. The largest absolute Gasteiger partial charge is 0.380 e. The van der Waals surface area contributed by atoms with Crippen LogP contribution in [0.1, 0.15) is 39.5 Å². The van der Waals surface area contributed by atoms with Crippen molar-refractivity contribution in [3.05, 3.63) is 0 Å². The maximum absolute atomic E-state index is 12.0. The van der Waals surface area contributed by atoms with Crippen molar-refractivity contribution >= 4 is 5.78 Å². The number of carbonyl (C=O) groups excluding carboxylic acids is 1. The number of hydrogen-bond acceptors (Lipinski definition) is 4. The fourth-order valence-corrected chi connectivity index (χ4v) is 2.43. The summed E-state index contributed by atoms with van der Waals surface area (Å²) in [5.74, 6) is 0.397. The Morgan fingerprint density at radius 2 is 1.72 bits per heavy atom. The lowest BCUT2D eigenvalue weighted by atomic mass is 9.93. The minimum atomic E-state index is 0.0969. The Hall–Kier alpha value is -0.450. The molecule has 1 fully saturated rings. The first-order chi connectivity index (χ1) is 8.79. The van der Waals surface area contributed by atoms with Crippen LogP contribution in [0.2, 0.25) is 0 Å². The van der Waals surface area contributed by atoms with E-state index >= 15 is 0 Å². The van der Waals surface area contributed by atoms with Gasteiger partial charge in [0.1, 0.15) is 5.78 Å². The van der Waals surface area contributed by atoms with Crippen molar-refractivity contribution in [2.75, 3.05) is 39.5 Å². The molecule has 4 heteroatoms. The molecule has 1 aliphatic carbocycles. The third-order valence-corrected chi connectivity index (χ3v) is 3.42. The van der Waals surface area contributed by atoms with Crippen LogP contribution in [0.5, 0.6) is 0 Å². The van der Waals surface area contributed by atoms with E-state index in [1.807, 2.05) is 13.8 Å². The monoisotopic (exact) mass is 257 g/mol. The van der Waals surface area contributed by atoms with Gasteiger partial charge in [-0.2, -0.15) is 0 Å². The molecule has 4 nitrogen and oxygen atoms in total. The summed E-state index contributed by atoms with van der Waals surface area (Å²) in [7, 11) is 0. The van der Waals surface area contributed by atoms with E-state index in [2.05, 4.69) is 4.90 Å². The average molecular weight is 257 g/mol. The fraction of sp³-hybridized carbons (Fsp3) is 0.929. The third kappa shape index (κ3) is 5.46. The summed E-state index contributed by atoms with van der Waals surface area (Å²) in [5, 5.41) is 0. The molecule has 1 saturated carbocycles. The highest BCUT2D eigenvalue weighted by atomic mass is 16.5. The predicted molar refractivity (Wildman–Crippen MR) is 71.8 cm³/mol. The van der Waals surface area contributed by atoms with E-state index in [0.717, 1.165) is 52.0 Å². The van der Waals surface area contributed by atoms with Crippen molar-refractivity contribution in [2.24, 2.45) is 0 Å². The zero-order valence-electron chi connectivity index (χ0n) is 11.8. The average Bonchev–Trinajstić information content (AvgIpc) is 2.38. The normalized spacial score (nSPS) is 20.6. The molecule has 0 radical (unpaired) electrons. The first kappa shape index (κ1) is 15.6. The molecule has 0 amide bonds. The van der Waals surface area contributed by atoms with Crippen molar-refractivity contribution < 1.29 is 14.3 Å². The highest BCUT2D eigenvalue weighted by molar-refractivity contribution is 5.84. The van der Waals surface area contributed by atoms with Gasteiger partial charge < -0.3 is 9.47 Å². The van der Waals surface area contributed by atoms with Crippen molar-refractivity contribution in [1.29, 1.82) is 0 Å². The molecule has 0 spiro atoms. The number of ether oxygens (including phenoxy) is 2. The molecule has 18 heavy (non-hydrogen) atoms. The molecule has 1 unspecified atom stereocenters. The van der Waals surface area contributed by atoms with Crippen molar-refractivity contribution in [1.82, 2.24) is 4.90 Å². The predicted octanol–water partition coefficient (Wildman–Crippen LogP) is 1.87. The second-order valence-electron chi connectivity index (χ2n) is 4.66. The van der Waals surface area contributed by atoms with Crippen LogP contribution in [-0.2, 0) is 14.3 Å². The highest BCUT2D eigenvalue weighted by Crippen LogP contribution is 2.19. The molecule has 0 N–H and O–H groups in total. The zero-order valence-corrected chi connectivity index (χ0v) is 11.8. The van der Waals surface area contributed by atoms with Gasteiger partial charge in [0.25, 0.3) is 0 Å². The second-order valence-corrected chi connectivity index (χ2v) is 4.66. The molecule has 0 aromatic carbocycles. The minimum Gasteiger partial charge on any atom is -0.380 e. The van der Waals surface area contributed by atoms with E-state index in [4.69, 9.17) is 9.47 Å². The van der Waals surface area contributed by atoms with E-state index in [9.17, 15) is 4.79 Å². The second kappa shape index (κ2) is 9.48. The van der Waals surface area contributed by atoms with Gasteiger partial charge in [-0.1, -0.05) is 6.42 Å². The van der Waals surface area contributed by atoms with Crippen molar-refractivity contribution in [3.63, 3.8) is 0 Å². The Labute approximate surface area is 111 Å². The van der Waals surface area contributed by atoms with Gasteiger partial charge in [-0.25, -0.2) is 0 Å². The van der Waals surface area contributed by atoms with E-state index in [0.29, 0.717) is 19.0 Å². The quantitative estimate of drug-likeness (QED) is 0.591. The zero-order chi connectivity index (χ0) is 13.2. The topological polar surface area (TPSA) is 38.8 Å². The number of rotatable bonds is 9. The van der Waals surface area contributed by atoms with E-state index in [1.54, 1.807) is 0 Å². The van der Waals surface area contributed by atoms with Gasteiger partial charge in [-0.3, -0.25) is 9.69 Å². The molecule has 0 aromatic rings. The van der Waals surface area contributed by atoms with Gasteiger partial charge in [0.2, 0.25) is 0 Å². The number of hydrogen-bond donors (Lipinski definition) is 0. The lowest BCUT2D eigenvalue weighted by molar-refractivity contribution is -0.126. The minimum absolute atomic E-state index is 0.0969. The van der Waals surface area contributed by atoms with Crippen LogP contribution in [0.4, 0.5) is 0 Å². The molecule has 0 aromatic heterocycles. The molecule has 0 saturated heterocycles. The Morgan fingerprint density at radius 3 is 2.22 bits per heavy atom. The molecular formula is C14H27NO3. The molecular weight excluding hydrogens is 230 g/mol. The number of ketones is 1. The summed E-state index contributed by atoms with van der Waals surface area (Å²) in [5.41, 5.74) is 0. The van der Waals surface area contributed by atoms with Crippen LogP contribution in [0.15, 0.2) is 0 Å². The molecule has 1 atom stereocenters. The van der Waals surface area contributed by atoms with Gasteiger partial charge in [-0.15, -0.1) is 0 Å².